The van der Waals surface area contributed by atoms with Crippen LogP contribution in [-0.2, 0) is 9.59 Å². The molecule has 7 heteroatoms. The highest BCUT2D eigenvalue weighted by Gasteiger charge is 2.19. The molecule has 2 rings (SSSR count). The van der Waals surface area contributed by atoms with E-state index in [-0.39, 0.29) is 23.1 Å². The Morgan fingerprint density at radius 2 is 1.80 bits per heavy atom. The minimum Gasteiger partial charge on any atom is -0.497 e. The number of ether oxygens (including phenoxy) is 2. The lowest BCUT2D eigenvalue weighted by Gasteiger charge is -2.18. The molecule has 132 valence electrons. The first kappa shape index (κ1) is 19.1. The van der Waals surface area contributed by atoms with Crippen LogP contribution in [0.1, 0.15) is 24.9 Å². The third-order valence-corrected chi connectivity index (χ3v) is 3.91. The van der Waals surface area contributed by atoms with Gasteiger partial charge in [0.05, 0.1) is 24.6 Å². The van der Waals surface area contributed by atoms with Gasteiger partial charge in [-0.25, -0.2) is 0 Å². The number of hydrogen-bond acceptors (Lipinski definition) is 4. The Bertz CT molecular complexity index is 762. The zero-order valence-electron chi connectivity index (χ0n) is 13.7. The molecule has 0 saturated carbocycles. The van der Waals surface area contributed by atoms with Gasteiger partial charge in [-0.3, -0.25) is 9.59 Å². The summed E-state index contributed by atoms with van der Waals surface area (Å²) >= 11 is 11.8. The highest BCUT2D eigenvalue weighted by atomic mass is 35.5. The molecular formula is C18H17Cl2NO4. The lowest BCUT2D eigenvalue weighted by atomic mass is 10.0. The Labute approximate surface area is 155 Å². The van der Waals surface area contributed by atoms with Crippen molar-refractivity contribution in [3.8, 4) is 11.5 Å². The number of carbonyl (C=O) groups is 2. The maximum Gasteiger partial charge on any atom is 0.313 e. The van der Waals surface area contributed by atoms with E-state index in [9.17, 15) is 9.59 Å². The third-order valence-electron chi connectivity index (χ3n) is 3.38. The second-order valence-corrected chi connectivity index (χ2v) is 6.12. The van der Waals surface area contributed by atoms with Crippen molar-refractivity contribution in [1.82, 2.24) is 5.32 Å². The smallest absolute Gasteiger partial charge is 0.313 e. The van der Waals surface area contributed by atoms with Crippen molar-refractivity contribution < 1.29 is 19.1 Å². The molecule has 0 spiro atoms. The van der Waals surface area contributed by atoms with E-state index < -0.39 is 12.0 Å². The molecule has 2 aromatic rings. The van der Waals surface area contributed by atoms with Crippen molar-refractivity contribution in [2.45, 2.75) is 19.4 Å². The van der Waals surface area contributed by atoms with E-state index in [1.165, 1.54) is 19.1 Å². The summed E-state index contributed by atoms with van der Waals surface area (Å²) in [6, 6.07) is 11.1. The molecule has 1 N–H and O–H groups in total. The molecule has 0 aliphatic rings. The van der Waals surface area contributed by atoms with Crippen LogP contribution in [0.4, 0.5) is 0 Å². The molecule has 1 amide bonds. The normalized spacial score (nSPS) is 11.5. The summed E-state index contributed by atoms with van der Waals surface area (Å²) in [5, 5.41) is 3.42. The Morgan fingerprint density at radius 3 is 2.36 bits per heavy atom. The topological polar surface area (TPSA) is 64.6 Å². The van der Waals surface area contributed by atoms with E-state index in [1.807, 2.05) is 0 Å². The molecular weight excluding hydrogens is 365 g/mol. The Hall–Kier alpha value is -2.24. The number of methoxy groups -OCH3 is 1. The summed E-state index contributed by atoms with van der Waals surface area (Å²) in [5.41, 5.74) is 0.759. The maximum absolute atomic E-state index is 12.2. The van der Waals surface area contributed by atoms with Crippen LogP contribution >= 0.6 is 23.2 Å². The zero-order chi connectivity index (χ0) is 18.4. The number of benzene rings is 2. The molecule has 0 aliphatic heterocycles. The first-order chi connectivity index (χ1) is 11.9. The molecule has 1 unspecified atom stereocenters. The number of hydrogen-bond donors (Lipinski definition) is 1. The van der Waals surface area contributed by atoms with E-state index in [4.69, 9.17) is 32.7 Å². The van der Waals surface area contributed by atoms with Gasteiger partial charge in [-0.15, -0.1) is 0 Å². The van der Waals surface area contributed by atoms with Crippen molar-refractivity contribution in [3.05, 3.63) is 58.1 Å². The summed E-state index contributed by atoms with van der Waals surface area (Å²) in [6.45, 7) is 1.39. The highest BCUT2D eigenvalue weighted by Crippen LogP contribution is 2.28. The van der Waals surface area contributed by atoms with E-state index in [1.54, 1.807) is 37.4 Å². The molecule has 0 radical (unpaired) electrons. The van der Waals surface area contributed by atoms with Crippen LogP contribution in [0, 0.1) is 0 Å². The molecule has 1 atom stereocenters. The van der Waals surface area contributed by atoms with Crippen LogP contribution in [0.2, 0.25) is 10.0 Å². The van der Waals surface area contributed by atoms with Gasteiger partial charge in [-0.1, -0.05) is 35.3 Å². The fraction of sp³-hybridized carbons (Fsp3) is 0.222. The summed E-state index contributed by atoms with van der Waals surface area (Å²) in [4.78, 5) is 23.7. The van der Waals surface area contributed by atoms with E-state index >= 15 is 0 Å². The van der Waals surface area contributed by atoms with Crippen LogP contribution in [0.25, 0.3) is 0 Å². The molecule has 5 nitrogen and oxygen atoms in total. The number of rotatable bonds is 6. The van der Waals surface area contributed by atoms with Crippen molar-refractivity contribution in [2.24, 2.45) is 0 Å². The van der Waals surface area contributed by atoms with Gasteiger partial charge in [-0.2, -0.15) is 0 Å². The molecule has 0 saturated heterocycles. The Morgan fingerprint density at radius 1 is 1.12 bits per heavy atom. The highest BCUT2D eigenvalue weighted by molar-refractivity contribution is 6.35. The van der Waals surface area contributed by atoms with Gasteiger partial charge < -0.3 is 14.8 Å². The van der Waals surface area contributed by atoms with Gasteiger partial charge >= 0.3 is 5.97 Å². The largest absolute Gasteiger partial charge is 0.497 e. The van der Waals surface area contributed by atoms with Gasteiger partial charge in [0.2, 0.25) is 5.91 Å². The number of nitrogens with one attached hydrogen (secondary N) is 1. The van der Waals surface area contributed by atoms with Crippen LogP contribution < -0.4 is 14.8 Å². The van der Waals surface area contributed by atoms with Crippen molar-refractivity contribution in [3.63, 3.8) is 0 Å². The minimum absolute atomic E-state index is 0.0507. The average Bonchev–Trinajstić information content (AvgIpc) is 2.56. The van der Waals surface area contributed by atoms with Crippen LogP contribution in [0.3, 0.4) is 0 Å². The Balaban J connectivity index is 2.12. The Kier molecular flexibility index (Phi) is 6.67. The minimum atomic E-state index is -0.529. The van der Waals surface area contributed by atoms with Gasteiger partial charge in [0.25, 0.3) is 0 Å². The summed E-state index contributed by atoms with van der Waals surface area (Å²) in [5.74, 6) is 0.116. The average molecular weight is 382 g/mol. The second kappa shape index (κ2) is 8.74. The SMILES string of the molecule is COc1ccc(C(CC(=O)Oc2ccc(Cl)cc2Cl)NC(C)=O)cc1. The molecule has 0 bridgehead atoms. The van der Waals surface area contributed by atoms with Crippen molar-refractivity contribution >= 4 is 35.1 Å². The third kappa shape index (κ3) is 5.66. The van der Waals surface area contributed by atoms with Crippen LogP contribution in [0.5, 0.6) is 11.5 Å². The lowest BCUT2D eigenvalue weighted by molar-refractivity contribution is -0.135. The van der Waals surface area contributed by atoms with Gasteiger partial charge in [0.15, 0.2) is 0 Å². The predicted molar refractivity (Wildman–Crippen MR) is 96.3 cm³/mol. The number of amides is 1. The maximum atomic E-state index is 12.2. The number of esters is 1. The molecule has 0 aliphatic carbocycles. The second-order valence-electron chi connectivity index (χ2n) is 5.28. The fourth-order valence-electron chi connectivity index (χ4n) is 2.22. The first-order valence-electron chi connectivity index (χ1n) is 7.46. The van der Waals surface area contributed by atoms with Crippen molar-refractivity contribution in [2.75, 3.05) is 7.11 Å². The van der Waals surface area contributed by atoms with E-state index in [0.29, 0.717) is 10.8 Å². The molecule has 0 fully saturated rings. The molecule has 0 aromatic heterocycles. The molecule has 25 heavy (non-hydrogen) atoms. The van der Waals surface area contributed by atoms with Crippen LogP contribution in [-0.4, -0.2) is 19.0 Å². The molecule has 0 heterocycles. The zero-order valence-corrected chi connectivity index (χ0v) is 15.2. The summed E-state index contributed by atoms with van der Waals surface area (Å²) in [7, 11) is 1.56. The van der Waals surface area contributed by atoms with Gasteiger partial charge in [0.1, 0.15) is 11.5 Å². The monoisotopic (exact) mass is 381 g/mol. The predicted octanol–water partition coefficient (Wildman–Crippen LogP) is 4.17. The summed E-state index contributed by atoms with van der Waals surface area (Å²) < 4.78 is 10.4. The lowest BCUT2D eigenvalue weighted by Crippen LogP contribution is -2.29. The van der Waals surface area contributed by atoms with Gasteiger partial charge in [0, 0.05) is 11.9 Å². The first-order valence-corrected chi connectivity index (χ1v) is 8.21. The van der Waals surface area contributed by atoms with Crippen molar-refractivity contribution in [1.29, 1.82) is 0 Å². The van der Waals surface area contributed by atoms with E-state index in [2.05, 4.69) is 5.32 Å². The number of halogens is 2. The molecule has 2 aromatic carbocycles. The quantitative estimate of drug-likeness (QED) is 0.602. The summed E-state index contributed by atoms with van der Waals surface area (Å²) in [6.07, 6.45) is -0.0507. The van der Waals surface area contributed by atoms with Gasteiger partial charge in [-0.05, 0) is 35.9 Å². The van der Waals surface area contributed by atoms with Crippen LogP contribution in [0.15, 0.2) is 42.5 Å². The fourth-order valence-corrected chi connectivity index (χ4v) is 2.67. The van der Waals surface area contributed by atoms with E-state index in [0.717, 1.165) is 5.56 Å². The number of carbonyl (C=O) groups excluding carboxylic acids is 2. The standard InChI is InChI=1S/C18H17Cl2NO4/c1-11(22)21-16(12-3-6-14(24-2)7-4-12)10-18(23)25-17-8-5-13(19)9-15(17)20/h3-9,16H,10H2,1-2H3,(H,21,22).